The summed E-state index contributed by atoms with van der Waals surface area (Å²) in [4.78, 5) is 0. The lowest BCUT2D eigenvalue weighted by Gasteiger charge is -2.18. The van der Waals surface area contributed by atoms with Gasteiger partial charge in [-0.05, 0) is 261 Å². The fourth-order valence-corrected chi connectivity index (χ4v) is 27.3. The van der Waals surface area contributed by atoms with Crippen molar-refractivity contribution >= 4 is 191 Å². The normalized spacial score (nSPS) is 11.7. The molecule has 0 atom stereocenters. The van der Waals surface area contributed by atoms with Gasteiger partial charge < -0.3 is 0 Å². The summed E-state index contributed by atoms with van der Waals surface area (Å²) < 4.78 is 8.05. The van der Waals surface area contributed by atoms with Crippen LogP contribution in [0.2, 0.25) is 0 Å². The van der Waals surface area contributed by atoms with Gasteiger partial charge >= 0.3 is 0 Å². The van der Waals surface area contributed by atoms with E-state index in [9.17, 15) is 0 Å². The van der Waals surface area contributed by atoms with Crippen LogP contribution in [-0.2, 0) is 0 Å². The second-order valence-electron chi connectivity index (χ2n) is 38.4. The summed E-state index contributed by atoms with van der Waals surface area (Å²) in [5.41, 5.74) is 30.2. The minimum atomic E-state index is 1.23. The highest BCUT2D eigenvalue weighted by Crippen LogP contribution is 2.53. The molecule has 147 heavy (non-hydrogen) atoms. The molecule has 684 valence electrons. The van der Waals surface area contributed by atoms with E-state index in [2.05, 4.69) is 546 Å². The first-order valence-corrected chi connectivity index (χ1v) is 53.0. The van der Waals surface area contributed by atoms with Gasteiger partial charge in [-0.15, -0.1) is 34.0 Å². The third-order valence-electron chi connectivity index (χ3n) is 30.2. The van der Waals surface area contributed by atoms with Gasteiger partial charge in [-0.25, -0.2) is 0 Å². The van der Waals surface area contributed by atoms with Gasteiger partial charge in [-0.1, -0.05) is 516 Å². The molecule has 0 unspecified atom stereocenters. The summed E-state index contributed by atoms with van der Waals surface area (Å²) in [7, 11) is 0. The summed E-state index contributed by atoms with van der Waals surface area (Å²) in [5, 5.41) is 30.9. The molecule has 3 heterocycles. The number of hydrogen-bond donors (Lipinski definition) is 0. The SMILES string of the molecule is c1cc(-c2c3ccccc3c(-c3ccc(-c4cccc5ccccc45)cc3)c3ccccc23)cc(-c2cccc3c2sc2ccccc23)c1.c1cc(-c2cccc3ccccc23)cc(-c2c3ccccc3c(-c3ccc(-c4cccc5c4sc4ccccc45)cc3)c3ccccc23)c1.c1ccc2c(-c3ccc(-c4c5ccccc5c(-c5ccc(-c6cccc7c6sc6ccccc67)cc5)c5ccccc45)cc3)cccc2c1. The maximum Gasteiger partial charge on any atom is 0.0433 e. The van der Waals surface area contributed by atoms with Gasteiger partial charge in [0, 0.05) is 60.5 Å². The summed E-state index contributed by atoms with van der Waals surface area (Å²) in [6.45, 7) is 0. The lowest BCUT2D eigenvalue weighted by Crippen LogP contribution is -1.91. The van der Waals surface area contributed by atoms with Gasteiger partial charge in [0.15, 0.2) is 0 Å². The highest BCUT2D eigenvalue weighted by atomic mass is 32.1. The molecule has 3 aromatic heterocycles. The van der Waals surface area contributed by atoms with Crippen molar-refractivity contribution in [1.29, 1.82) is 0 Å². The van der Waals surface area contributed by atoms with Crippen LogP contribution in [0.5, 0.6) is 0 Å². The Morgan fingerprint density at radius 3 is 0.531 bits per heavy atom. The molecule has 0 aliphatic heterocycles. The molecular formula is C144H90S3. The number of hydrogen-bond acceptors (Lipinski definition) is 3. The molecule has 30 aromatic rings. The Morgan fingerprint density at radius 1 is 0.0952 bits per heavy atom. The zero-order valence-corrected chi connectivity index (χ0v) is 82.6. The van der Waals surface area contributed by atoms with Crippen molar-refractivity contribution in [2.75, 3.05) is 0 Å². The fourth-order valence-electron chi connectivity index (χ4n) is 23.6. The average Bonchev–Trinajstić information content (AvgIpc) is 1.54. The average molecular weight is 1920 g/mol. The zero-order chi connectivity index (χ0) is 96.9. The third kappa shape index (κ3) is 15.2. The molecule has 27 aromatic carbocycles. The van der Waals surface area contributed by atoms with E-state index in [1.54, 1.807) is 0 Å². The Kier molecular flexibility index (Phi) is 21.7. The Labute approximate surface area is 863 Å². The van der Waals surface area contributed by atoms with Gasteiger partial charge in [0.2, 0.25) is 0 Å². The molecule has 0 saturated carbocycles. The standard InChI is InChI=1S/3C48H30S/c1-2-16-36-31(12-1)13-10-22-37(36)34-14-9-15-35(30-34)47-42-20-5-3-18-40(42)46(41-19-4-6-21-43(41)47)33-28-26-32(27-29-33)38-23-11-24-44-39-17-7-8-25-45(39)49-48(38)44;1-2-16-36-31(12-1)13-10-22-37(36)32-26-28-33(29-27-32)46-40-18-3-5-20-42(40)47(43-21-6-4-19-41(43)46)35-15-9-14-34(30-35)38-23-11-24-44-39-17-7-8-25-45(39)49-48(38)44;1-2-13-36-31(11-1)12-9-19-37(36)32-23-27-34(28-24-32)46-40-15-3-5-17-42(40)47(43-18-6-4-16-41(43)46)35-29-25-33(26-30-35)38-20-10-21-44-39-14-7-8-22-45(39)49-48(38)44/h3*1-30H. The molecule has 0 aliphatic rings. The Bertz CT molecular complexity index is 10300. The summed E-state index contributed by atoms with van der Waals surface area (Å²) in [5.74, 6) is 0. The van der Waals surface area contributed by atoms with Crippen LogP contribution in [-0.4, -0.2) is 0 Å². The molecule has 0 aliphatic carbocycles. The summed E-state index contributed by atoms with van der Waals surface area (Å²) in [6.07, 6.45) is 0. The molecule has 0 fully saturated rings. The van der Waals surface area contributed by atoms with Gasteiger partial charge in [-0.2, -0.15) is 0 Å². The van der Waals surface area contributed by atoms with Gasteiger partial charge in [-0.3, -0.25) is 0 Å². The van der Waals surface area contributed by atoms with Gasteiger partial charge in [0.25, 0.3) is 0 Å². The Balaban J connectivity index is 0.000000107. The second-order valence-corrected chi connectivity index (χ2v) is 41.6. The highest BCUT2D eigenvalue weighted by Gasteiger charge is 2.25. The monoisotopic (exact) mass is 1910 g/mol. The second kappa shape index (κ2) is 36.7. The van der Waals surface area contributed by atoms with Crippen LogP contribution in [0.4, 0.5) is 0 Å². The van der Waals surface area contributed by atoms with E-state index in [0.717, 1.165) is 0 Å². The van der Waals surface area contributed by atoms with Crippen LogP contribution in [0.15, 0.2) is 546 Å². The van der Waals surface area contributed by atoms with Gasteiger partial charge in [0.05, 0.1) is 0 Å². The van der Waals surface area contributed by atoms with E-state index in [-0.39, 0.29) is 0 Å². The van der Waals surface area contributed by atoms with Crippen LogP contribution >= 0.6 is 34.0 Å². The molecule has 0 bridgehead atoms. The summed E-state index contributed by atoms with van der Waals surface area (Å²) in [6, 6.07) is 201. The molecule has 0 spiro atoms. The first kappa shape index (κ1) is 86.8. The molecule has 0 radical (unpaired) electrons. The molecule has 0 N–H and O–H groups in total. The quantitative estimate of drug-likeness (QED) is 0.107. The van der Waals surface area contributed by atoms with Crippen LogP contribution in [0.3, 0.4) is 0 Å². The molecule has 0 nitrogen and oxygen atoms in total. The van der Waals surface area contributed by atoms with Gasteiger partial charge in [0.1, 0.15) is 0 Å². The van der Waals surface area contributed by atoms with E-state index in [1.165, 1.54) is 291 Å². The minimum absolute atomic E-state index is 1.23. The fraction of sp³-hybridized carbons (Fsp3) is 0. The van der Waals surface area contributed by atoms with Crippen LogP contribution in [0.25, 0.3) is 291 Å². The molecule has 0 amide bonds. The van der Waals surface area contributed by atoms with Crippen molar-refractivity contribution in [3.63, 3.8) is 0 Å². The minimum Gasteiger partial charge on any atom is -0.135 e. The number of rotatable bonds is 12. The zero-order valence-electron chi connectivity index (χ0n) is 80.2. The van der Waals surface area contributed by atoms with E-state index >= 15 is 0 Å². The smallest absolute Gasteiger partial charge is 0.0433 e. The maximum atomic E-state index is 2.39. The van der Waals surface area contributed by atoms with Crippen LogP contribution < -0.4 is 0 Å². The van der Waals surface area contributed by atoms with E-state index in [4.69, 9.17) is 0 Å². The van der Waals surface area contributed by atoms with Crippen molar-refractivity contribution in [2.45, 2.75) is 0 Å². The van der Waals surface area contributed by atoms with Crippen molar-refractivity contribution < 1.29 is 0 Å². The molecule has 3 heteroatoms. The van der Waals surface area contributed by atoms with E-state index in [1.807, 2.05) is 34.0 Å². The first-order chi connectivity index (χ1) is 72.9. The van der Waals surface area contributed by atoms with E-state index in [0.29, 0.717) is 0 Å². The lowest BCUT2D eigenvalue weighted by molar-refractivity contribution is 1.63. The molecular weight excluding hydrogens is 1830 g/mol. The highest BCUT2D eigenvalue weighted by molar-refractivity contribution is 7.27. The van der Waals surface area contributed by atoms with Crippen molar-refractivity contribution in [3.8, 4) is 134 Å². The molecule has 0 saturated heterocycles. The summed E-state index contributed by atoms with van der Waals surface area (Å²) >= 11 is 5.66. The third-order valence-corrected chi connectivity index (χ3v) is 33.9. The lowest BCUT2D eigenvalue weighted by atomic mass is 9.85. The first-order valence-electron chi connectivity index (χ1n) is 50.5. The largest absolute Gasteiger partial charge is 0.135 e. The topological polar surface area (TPSA) is 0 Å². The number of thiophene rings is 3. The van der Waals surface area contributed by atoms with E-state index < -0.39 is 0 Å². The predicted octanol–water partition coefficient (Wildman–Crippen LogP) is 42.5. The van der Waals surface area contributed by atoms with Crippen LogP contribution in [0, 0.1) is 0 Å². The Hall–Kier alpha value is -18.1. The number of benzene rings is 27. The van der Waals surface area contributed by atoms with Crippen molar-refractivity contribution in [3.05, 3.63) is 546 Å². The van der Waals surface area contributed by atoms with Crippen LogP contribution in [0.1, 0.15) is 0 Å². The molecule has 30 rings (SSSR count). The Morgan fingerprint density at radius 2 is 0.259 bits per heavy atom. The van der Waals surface area contributed by atoms with Crippen molar-refractivity contribution in [1.82, 2.24) is 0 Å². The number of fused-ring (bicyclic) bond motifs is 18. The predicted molar refractivity (Wildman–Crippen MR) is 641 cm³/mol. The van der Waals surface area contributed by atoms with Crippen molar-refractivity contribution in [2.24, 2.45) is 0 Å². The maximum absolute atomic E-state index is 2.39.